The number of aliphatic hydroxyl groups excluding tert-OH is 1. The summed E-state index contributed by atoms with van der Waals surface area (Å²) in [7, 11) is 1.00. The van der Waals surface area contributed by atoms with Crippen molar-refractivity contribution in [1.29, 1.82) is 0 Å². The molecule has 47 heavy (non-hydrogen) atoms. The number of methoxy groups -OCH3 is 2. The molecule has 1 spiro atoms. The Morgan fingerprint density at radius 3 is 2.17 bits per heavy atom. The smallest absolute Gasteiger partial charge is 0.264 e. The van der Waals surface area contributed by atoms with Gasteiger partial charge in [-0.15, -0.1) is 0 Å². The average Bonchev–Trinajstić information content (AvgIpc) is 3.52. The predicted octanol–water partition coefficient (Wildman–Crippen LogP) is 6.14. The van der Waals surface area contributed by atoms with Crippen LogP contribution in [0.1, 0.15) is 24.5 Å². The molecule has 1 fully saturated rings. The maximum Gasteiger partial charge on any atom is 0.264 e. The van der Waals surface area contributed by atoms with Gasteiger partial charge in [0.05, 0.1) is 40.6 Å². The van der Waals surface area contributed by atoms with Gasteiger partial charge in [-0.2, -0.15) is 0 Å². The van der Waals surface area contributed by atoms with Gasteiger partial charge in [0, 0.05) is 29.5 Å². The molecular weight excluding hydrogens is 609 g/mol. The minimum Gasteiger partial charge on any atom is -0.497 e. The zero-order chi connectivity index (χ0) is 33.3. The van der Waals surface area contributed by atoms with Gasteiger partial charge in [0.25, 0.3) is 5.91 Å². The number of amides is 2. The monoisotopic (exact) mass is 650 g/mol. The van der Waals surface area contributed by atoms with Gasteiger partial charge in [0.15, 0.2) is 5.60 Å². The van der Waals surface area contributed by atoms with Crippen LogP contribution in [0.15, 0.2) is 97.1 Å². The molecule has 8 nitrogen and oxygen atoms in total. The van der Waals surface area contributed by atoms with Crippen molar-refractivity contribution >= 4 is 42.6 Å². The van der Waals surface area contributed by atoms with Crippen molar-refractivity contribution in [2.24, 2.45) is 5.92 Å². The van der Waals surface area contributed by atoms with E-state index in [0.717, 1.165) is 40.3 Å². The minimum atomic E-state index is -2.28. The summed E-state index contributed by atoms with van der Waals surface area (Å²) < 4.78 is 18.1. The fraction of sp³-hybridized carbons (Fsp3) is 0.316. The molecule has 6 rings (SSSR count). The SMILES string of the molecule is COc1ccc([Si](C)(C)[C@@H]2[C@@H](CCO)O[C@]3(C(=O)N(Cc4ccc(N(C=O)c5ccccc5)cc4)c4ccc(OC)cc43)[C@H]2C)cc1. The zero-order valence-corrected chi connectivity index (χ0v) is 28.6. The Morgan fingerprint density at radius 1 is 0.915 bits per heavy atom. The summed E-state index contributed by atoms with van der Waals surface area (Å²) >= 11 is 0. The van der Waals surface area contributed by atoms with Gasteiger partial charge < -0.3 is 24.2 Å². The van der Waals surface area contributed by atoms with Crippen LogP contribution in [-0.4, -0.2) is 52.4 Å². The van der Waals surface area contributed by atoms with Gasteiger partial charge >= 0.3 is 0 Å². The van der Waals surface area contributed by atoms with E-state index in [9.17, 15) is 14.7 Å². The fourth-order valence-electron chi connectivity index (χ4n) is 7.78. The molecule has 2 amide bonds. The number of carbonyl (C=O) groups excluding carboxylic acids is 2. The van der Waals surface area contributed by atoms with E-state index in [4.69, 9.17) is 14.2 Å². The van der Waals surface area contributed by atoms with Crippen molar-refractivity contribution in [2.45, 2.75) is 50.2 Å². The third kappa shape index (κ3) is 5.52. The Hall–Kier alpha value is -4.44. The van der Waals surface area contributed by atoms with Gasteiger partial charge in [-0.1, -0.05) is 67.7 Å². The molecule has 2 heterocycles. The molecule has 1 saturated heterocycles. The number of anilines is 3. The molecule has 1 N–H and O–H groups in total. The van der Waals surface area contributed by atoms with E-state index in [1.807, 2.05) is 89.8 Å². The predicted molar refractivity (Wildman–Crippen MR) is 187 cm³/mol. The molecule has 2 aliphatic heterocycles. The molecule has 0 saturated carbocycles. The summed E-state index contributed by atoms with van der Waals surface area (Å²) in [4.78, 5) is 30.3. The number of hydrogen-bond donors (Lipinski definition) is 1. The van der Waals surface area contributed by atoms with E-state index in [1.54, 1.807) is 19.1 Å². The lowest BCUT2D eigenvalue weighted by atomic mass is 9.82. The van der Waals surface area contributed by atoms with Gasteiger partial charge in [0.1, 0.15) is 11.5 Å². The summed E-state index contributed by atoms with van der Waals surface area (Å²) in [5.74, 6) is 1.16. The molecule has 2 aliphatic rings. The quantitative estimate of drug-likeness (QED) is 0.155. The summed E-state index contributed by atoms with van der Waals surface area (Å²) in [5, 5.41) is 11.4. The van der Waals surface area contributed by atoms with Crippen molar-refractivity contribution in [3.8, 4) is 11.5 Å². The summed E-state index contributed by atoms with van der Waals surface area (Å²) in [6.07, 6.45) is 0.927. The zero-order valence-electron chi connectivity index (χ0n) is 27.6. The molecule has 4 aromatic rings. The number of nitrogens with zero attached hydrogens (tertiary/aromatic N) is 2. The normalized spacial score (nSPS) is 22.0. The van der Waals surface area contributed by atoms with Crippen LogP contribution in [0.2, 0.25) is 18.6 Å². The van der Waals surface area contributed by atoms with Gasteiger partial charge in [-0.3, -0.25) is 14.5 Å². The standard InChI is InChI=1S/C38H42N2O6Si/c1-26-36(47(4,5)32-18-15-30(44-2)16-19-32)35(21-22-41)46-38(26)33-23-31(45-3)17-20-34(33)39(37(38)43)24-27-11-13-29(14-12-27)40(25-42)28-9-7-6-8-10-28/h6-20,23,25-26,35-36,41H,21-22,24H2,1-5H3/t26-,35+,36-,38+/m0/s1. The first kappa shape index (κ1) is 32.5. The molecule has 0 aliphatic carbocycles. The first-order chi connectivity index (χ1) is 22.7. The van der Waals surface area contributed by atoms with Crippen molar-refractivity contribution in [2.75, 3.05) is 30.6 Å². The van der Waals surface area contributed by atoms with Gasteiger partial charge in [-0.25, -0.2) is 0 Å². The highest BCUT2D eigenvalue weighted by Crippen LogP contribution is 2.60. The molecule has 0 unspecified atom stereocenters. The van der Waals surface area contributed by atoms with E-state index in [0.29, 0.717) is 18.7 Å². The maximum atomic E-state index is 14.9. The maximum absolute atomic E-state index is 14.9. The summed E-state index contributed by atoms with van der Waals surface area (Å²) in [5.41, 5.74) is 2.82. The second kappa shape index (κ2) is 13.0. The van der Waals surface area contributed by atoms with Crippen molar-refractivity contribution in [1.82, 2.24) is 0 Å². The minimum absolute atomic E-state index is 0.0347. The van der Waals surface area contributed by atoms with Crippen LogP contribution in [0.5, 0.6) is 11.5 Å². The van der Waals surface area contributed by atoms with Crippen LogP contribution in [0.4, 0.5) is 17.1 Å². The highest BCUT2D eigenvalue weighted by Gasteiger charge is 2.66. The Labute approximate surface area is 277 Å². The van der Waals surface area contributed by atoms with Crippen LogP contribution in [0, 0.1) is 5.92 Å². The van der Waals surface area contributed by atoms with E-state index < -0.39 is 13.7 Å². The largest absolute Gasteiger partial charge is 0.497 e. The first-order valence-corrected chi connectivity index (χ1v) is 19.1. The average molecular weight is 651 g/mol. The molecule has 0 bridgehead atoms. The van der Waals surface area contributed by atoms with Crippen LogP contribution < -0.4 is 24.5 Å². The summed E-state index contributed by atoms with van der Waals surface area (Å²) in [6, 6.07) is 31.2. The molecule has 4 aromatic carbocycles. The third-order valence-electron chi connectivity index (χ3n) is 10.2. The molecule has 9 heteroatoms. The lowest BCUT2D eigenvalue weighted by Gasteiger charge is -2.37. The molecule has 0 aromatic heterocycles. The molecule has 244 valence electrons. The van der Waals surface area contributed by atoms with E-state index >= 15 is 0 Å². The van der Waals surface area contributed by atoms with Crippen LogP contribution in [-0.2, 0) is 26.5 Å². The first-order valence-electron chi connectivity index (χ1n) is 16.0. The highest BCUT2D eigenvalue weighted by molar-refractivity contribution is 6.91. The van der Waals surface area contributed by atoms with Gasteiger partial charge in [-0.05, 0) is 72.1 Å². The number of para-hydroxylation sites is 1. The summed E-state index contributed by atoms with van der Waals surface area (Å²) in [6.45, 7) is 7.08. The second-order valence-electron chi connectivity index (χ2n) is 12.9. The number of rotatable bonds is 11. The number of fused-ring (bicyclic) bond motifs is 2. The van der Waals surface area contributed by atoms with Crippen molar-refractivity contribution in [3.63, 3.8) is 0 Å². The number of benzene rings is 4. The second-order valence-corrected chi connectivity index (χ2v) is 17.6. The van der Waals surface area contributed by atoms with Crippen LogP contribution in [0.25, 0.3) is 0 Å². The van der Waals surface area contributed by atoms with Crippen LogP contribution >= 0.6 is 0 Å². The van der Waals surface area contributed by atoms with E-state index in [2.05, 4.69) is 32.2 Å². The van der Waals surface area contributed by atoms with Crippen molar-refractivity contribution in [3.05, 3.63) is 108 Å². The highest BCUT2D eigenvalue weighted by atomic mass is 28.3. The Balaban J connectivity index is 1.37. The Morgan fingerprint density at radius 2 is 1.55 bits per heavy atom. The number of aliphatic hydroxyl groups is 1. The molecule has 4 atom stereocenters. The van der Waals surface area contributed by atoms with Crippen molar-refractivity contribution < 1.29 is 28.9 Å². The lowest BCUT2D eigenvalue weighted by molar-refractivity contribution is -0.146. The topological polar surface area (TPSA) is 88.5 Å². The van der Waals surface area contributed by atoms with Gasteiger partial charge in [0.2, 0.25) is 6.41 Å². The lowest BCUT2D eigenvalue weighted by Crippen LogP contribution is -2.51. The third-order valence-corrected chi connectivity index (χ3v) is 14.5. The fourth-order valence-corrected chi connectivity index (χ4v) is 11.8. The van der Waals surface area contributed by atoms with E-state index in [1.165, 1.54) is 5.19 Å². The van der Waals surface area contributed by atoms with E-state index in [-0.39, 0.29) is 30.1 Å². The number of hydrogen-bond acceptors (Lipinski definition) is 6. The Kier molecular flexibility index (Phi) is 8.98. The molecule has 0 radical (unpaired) electrons. The number of carbonyl (C=O) groups is 2. The van der Waals surface area contributed by atoms with Crippen LogP contribution in [0.3, 0.4) is 0 Å². The molecular formula is C38H42N2O6Si. The number of ether oxygens (including phenoxy) is 3. The Bertz CT molecular complexity index is 1730.